The Morgan fingerprint density at radius 2 is 1.89 bits per heavy atom. The van der Waals surface area contributed by atoms with Crippen molar-refractivity contribution in [1.82, 2.24) is 5.43 Å². The van der Waals surface area contributed by atoms with E-state index in [1.165, 1.54) is 0 Å². The van der Waals surface area contributed by atoms with Gasteiger partial charge in [-0.25, -0.2) is 0 Å². The molecule has 1 amide bonds. The van der Waals surface area contributed by atoms with Crippen LogP contribution in [0.15, 0.2) is 36.4 Å². The number of nitrogens with one attached hydrogen (secondary N) is 1. The molecular weight excluding hydrogens is 228 g/mol. The van der Waals surface area contributed by atoms with Crippen LogP contribution in [0.1, 0.15) is 20.8 Å². The molecule has 1 aromatic carbocycles. The lowest BCUT2D eigenvalue weighted by Crippen LogP contribution is -2.32. The van der Waals surface area contributed by atoms with Gasteiger partial charge in [0.05, 0.1) is 12.2 Å². The van der Waals surface area contributed by atoms with Crippen LogP contribution in [0, 0.1) is 0 Å². The normalized spacial score (nSPS) is 15.8. The second-order valence-corrected chi connectivity index (χ2v) is 5.34. The Kier molecular flexibility index (Phi) is 3.03. The zero-order chi connectivity index (χ0) is 13.3. The molecule has 1 aliphatic heterocycles. The number of carbonyl (C=O) groups is 1. The average molecular weight is 246 g/mol. The first kappa shape index (κ1) is 12.5. The van der Waals surface area contributed by atoms with Crippen molar-refractivity contribution in [3.05, 3.63) is 36.4 Å². The molecule has 1 aromatic rings. The molecule has 0 unspecified atom stereocenters. The molecule has 4 heteroatoms. The van der Waals surface area contributed by atoms with E-state index in [1.807, 2.05) is 45.0 Å². The number of ether oxygens (including phenoxy) is 1. The molecule has 2 rings (SSSR count). The van der Waals surface area contributed by atoms with Gasteiger partial charge in [0.1, 0.15) is 11.4 Å². The zero-order valence-corrected chi connectivity index (χ0v) is 11.0. The number of benzene rings is 1. The van der Waals surface area contributed by atoms with Gasteiger partial charge in [-0.05, 0) is 45.0 Å². The summed E-state index contributed by atoms with van der Waals surface area (Å²) in [5.74, 6) is 0.695. The fraction of sp³-hybridized carbons (Fsp3) is 0.357. The molecular formula is C14H18N2O2. The quantitative estimate of drug-likeness (QED) is 0.814. The first-order valence-corrected chi connectivity index (χ1v) is 5.90. The van der Waals surface area contributed by atoms with Crippen LogP contribution in [0.2, 0.25) is 0 Å². The van der Waals surface area contributed by atoms with Crippen LogP contribution in [0.5, 0.6) is 5.75 Å². The number of hydrogen-bond donors (Lipinski definition) is 1. The van der Waals surface area contributed by atoms with Gasteiger partial charge in [-0.3, -0.25) is 15.2 Å². The Labute approximate surface area is 107 Å². The highest BCUT2D eigenvalue weighted by Crippen LogP contribution is 2.23. The van der Waals surface area contributed by atoms with Gasteiger partial charge < -0.3 is 4.74 Å². The SMILES string of the molecule is C=C1CN(c2ccc(OC(C)(C)C)cc2)NC1=O. The van der Waals surface area contributed by atoms with Crippen LogP contribution < -0.4 is 15.2 Å². The van der Waals surface area contributed by atoms with E-state index >= 15 is 0 Å². The molecule has 0 aromatic heterocycles. The lowest BCUT2D eigenvalue weighted by atomic mass is 10.2. The van der Waals surface area contributed by atoms with Crippen molar-refractivity contribution in [2.45, 2.75) is 26.4 Å². The minimum atomic E-state index is -0.211. The van der Waals surface area contributed by atoms with Crippen molar-refractivity contribution in [3.8, 4) is 5.75 Å². The zero-order valence-electron chi connectivity index (χ0n) is 11.0. The van der Waals surface area contributed by atoms with E-state index in [-0.39, 0.29) is 11.5 Å². The second-order valence-electron chi connectivity index (χ2n) is 5.34. The fourth-order valence-corrected chi connectivity index (χ4v) is 1.71. The van der Waals surface area contributed by atoms with Gasteiger partial charge in [-0.15, -0.1) is 0 Å². The highest BCUT2D eigenvalue weighted by Gasteiger charge is 2.22. The highest BCUT2D eigenvalue weighted by molar-refractivity contribution is 5.97. The third-order valence-corrected chi connectivity index (χ3v) is 2.48. The molecule has 0 saturated carbocycles. The van der Waals surface area contributed by atoms with E-state index in [0.717, 1.165) is 11.4 Å². The molecule has 1 heterocycles. The number of amides is 1. The molecule has 0 radical (unpaired) electrons. The van der Waals surface area contributed by atoms with Gasteiger partial charge >= 0.3 is 0 Å². The summed E-state index contributed by atoms with van der Waals surface area (Å²) in [6.07, 6.45) is 0. The predicted molar refractivity (Wildman–Crippen MR) is 71.5 cm³/mol. The number of hydrazine groups is 1. The van der Waals surface area contributed by atoms with Gasteiger partial charge in [0.25, 0.3) is 5.91 Å². The summed E-state index contributed by atoms with van der Waals surface area (Å²) in [5.41, 5.74) is 4.02. The number of nitrogens with zero attached hydrogens (tertiary/aromatic N) is 1. The molecule has 1 saturated heterocycles. The number of hydrogen-bond acceptors (Lipinski definition) is 3. The Bertz CT molecular complexity index is 456. The predicted octanol–water partition coefficient (Wildman–Crippen LogP) is 2.27. The van der Waals surface area contributed by atoms with Crippen molar-refractivity contribution < 1.29 is 9.53 Å². The Balaban J connectivity index is 2.09. The third kappa shape index (κ3) is 2.83. The van der Waals surface area contributed by atoms with Gasteiger partial charge in [0, 0.05) is 5.57 Å². The van der Waals surface area contributed by atoms with Crippen molar-refractivity contribution in [1.29, 1.82) is 0 Å². The van der Waals surface area contributed by atoms with Crippen LogP contribution in [0.4, 0.5) is 5.69 Å². The van der Waals surface area contributed by atoms with Crippen molar-refractivity contribution >= 4 is 11.6 Å². The monoisotopic (exact) mass is 246 g/mol. The van der Waals surface area contributed by atoms with Crippen molar-refractivity contribution in [2.24, 2.45) is 0 Å². The lowest BCUT2D eigenvalue weighted by molar-refractivity contribution is -0.116. The highest BCUT2D eigenvalue weighted by atomic mass is 16.5. The standard InChI is InChI=1S/C14H18N2O2/c1-10-9-16(15-13(10)17)11-5-7-12(8-6-11)18-14(2,3)4/h5-8H,1,9H2,2-4H3,(H,15,17). The average Bonchev–Trinajstić information content (AvgIpc) is 2.58. The van der Waals surface area contributed by atoms with Crippen LogP contribution in [-0.2, 0) is 4.79 Å². The van der Waals surface area contributed by atoms with E-state index in [9.17, 15) is 4.79 Å². The summed E-state index contributed by atoms with van der Waals surface area (Å²) < 4.78 is 5.74. The molecule has 0 aliphatic carbocycles. The molecule has 0 spiro atoms. The largest absolute Gasteiger partial charge is 0.488 e. The van der Waals surface area contributed by atoms with E-state index in [4.69, 9.17) is 4.74 Å². The van der Waals surface area contributed by atoms with E-state index < -0.39 is 0 Å². The van der Waals surface area contributed by atoms with E-state index in [2.05, 4.69) is 12.0 Å². The van der Waals surface area contributed by atoms with Crippen LogP contribution >= 0.6 is 0 Å². The summed E-state index contributed by atoms with van der Waals surface area (Å²) in [6.45, 7) is 10.2. The minimum absolute atomic E-state index is 0.120. The molecule has 1 fully saturated rings. The van der Waals surface area contributed by atoms with Crippen LogP contribution in [0.3, 0.4) is 0 Å². The summed E-state index contributed by atoms with van der Waals surface area (Å²) in [4.78, 5) is 11.3. The van der Waals surface area contributed by atoms with E-state index in [1.54, 1.807) is 5.01 Å². The summed E-state index contributed by atoms with van der Waals surface area (Å²) in [7, 11) is 0. The van der Waals surface area contributed by atoms with Gasteiger partial charge in [-0.2, -0.15) is 0 Å². The van der Waals surface area contributed by atoms with E-state index in [0.29, 0.717) is 12.1 Å². The molecule has 96 valence electrons. The topological polar surface area (TPSA) is 41.6 Å². The maximum atomic E-state index is 11.3. The first-order chi connectivity index (χ1) is 8.35. The molecule has 0 atom stereocenters. The smallest absolute Gasteiger partial charge is 0.267 e. The third-order valence-electron chi connectivity index (χ3n) is 2.48. The lowest BCUT2D eigenvalue weighted by Gasteiger charge is -2.22. The fourth-order valence-electron chi connectivity index (χ4n) is 1.71. The number of rotatable bonds is 2. The first-order valence-electron chi connectivity index (χ1n) is 5.90. The van der Waals surface area contributed by atoms with Crippen molar-refractivity contribution in [2.75, 3.05) is 11.6 Å². The number of anilines is 1. The van der Waals surface area contributed by atoms with Crippen LogP contribution in [-0.4, -0.2) is 18.1 Å². The molecule has 0 bridgehead atoms. The summed E-state index contributed by atoms with van der Waals surface area (Å²) in [5, 5.41) is 1.77. The molecule has 4 nitrogen and oxygen atoms in total. The maximum Gasteiger partial charge on any atom is 0.267 e. The molecule has 1 N–H and O–H groups in total. The maximum absolute atomic E-state index is 11.3. The van der Waals surface area contributed by atoms with Crippen LogP contribution in [0.25, 0.3) is 0 Å². The van der Waals surface area contributed by atoms with Crippen molar-refractivity contribution in [3.63, 3.8) is 0 Å². The summed E-state index contributed by atoms with van der Waals surface area (Å²) in [6, 6.07) is 7.63. The summed E-state index contributed by atoms with van der Waals surface area (Å²) >= 11 is 0. The Morgan fingerprint density at radius 3 is 2.33 bits per heavy atom. The van der Waals surface area contributed by atoms with Gasteiger partial charge in [0.15, 0.2) is 0 Å². The minimum Gasteiger partial charge on any atom is -0.488 e. The Hall–Kier alpha value is -1.97. The molecule has 18 heavy (non-hydrogen) atoms. The molecule has 1 aliphatic rings. The Morgan fingerprint density at radius 1 is 1.28 bits per heavy atom. The van der Waals surface area contributed by atoms with Gasteiger partial charge in [0.2, 0.25) is 0 Å². The number of carbonyl (C=O) groups excluding carboxylic acids is 1. The van der Waals surface area contributed by atoms with Gasteiger partial charge in [-0.1, -0.05) is 6.58 Å². The second kappa shape index (κ2) is 4.37.